The third-order valence-corrected chi connectivity index (χ3v) is 2.25. The molecular formula is C11H14F2O2. The lowest BCUT2D eigenvalue weighted by Crippen LogP contribution is -2.08. The second kappa shape index (κ2) is 4.96. The number of phenols is 1. The molecule has 0 bridgehead atoms. The van der Waals surface area contributed by atoms with E-state index in [1.807, 2.05) is 13.8 Å². The van der Waals surface area contributed by atoms with Crippen molar-refractivity contribution in [2.45, 2.75) is 20.3 Å². The molecule has 1 aromatic rings. The van der Waals surface area contributed by atoms with Crippen LogP contribution in [0.3, 0.4) is 0 Å². The van der Waals surface area contributed by atoms with Gasteiger partial charge in [0.15, 0.2) is 11.5 Å². The summed E-state index contributed by atoms with van der Waals surface area (Å²) in [6, 6.07) is 2.29. The molecule has 0 amide bonds. The van der Waals surface area contributed by atoms with Crippen LogP contribution in [0, 0.1) is 17.6 Å². The Morgan fingerprint density at radius 3 is 2.60 bits per heavy atom. The smallest absolute Gasteiger partial charge is 0.204 e. The molecule has 1 aromatic carbocycles. The minimum absolute atomic E-state index is 0.161. The Bertz CT molecular complexity index is 340. The molecule has 4 heteroatoms. The molecule has 0 aliphatic rings. The average molecular weight is 216 g/mol. The first-order chi connectivity index (χ1) is 7.06. The predicted octanol–water partition coefficient (Wildman–Crippen LogP) is 3.10. The molecule has 1 N–H and O–H groups in total. The molecule has 0 aliphatic carbocycles. The predicted molar refractivity (Wildman–Crippen MR) is 53.0 cm³/mol. The van der Waals surface area contributed by atoms with Crippen LogP contribution >= 0.6 is 0 Å². The number of hydrogen-bond donors (Lipinski definition) is 1. The van der Waals surface area contributed by atoms with Crippen molar-refractivity contribution >= 4 is 0 Å². The van der Waals surface area contributed by atoms with Gasteiger partial charge in [0.2, 0.25) is 11.6 Å². The van der Waals surface area contributed by atoms with Crippen molar-refractivity contribution in [1.29, 1.82) is 0 Å². The summed E-state index contributed by atoms with van der Waals surface area (Å²) < 4.78 is 31.1. The molecule has 0 saturated heterocycles. The molecule has 0 aromatic heterocycles. The Balaban J connectivity index is 2.74. The largest absolute Gasteiger partial charge is 0.505 e. The Morgan fingerprint density at radius 1 is 1.33 bits per heavy atom. The summed E-state index contributed by atoms with van der Waals surface area (Å²) in [6.45, 7) is 4.27. The van der Waals surface area contributed by atoms with Gasteiger partial charge >= 0.3 is 0 Å². The summed E-state index contributed by atoms with van der Waals surface area (Å²) in [5, 5.41) is 8.88. The molecule has 2 nitrogen and oxygen atoms in total. The summed E-state index contributed by atoms with van der Waals surface area (Å²) in [5.41, 5.74) is 0. The Morgan fingerprint density at radius 2 is 2.00 bits per heavy atom. The monoisotopic (exact) mass is 216 g/mol. The van der Waals surface area contributed by atoms with Gasteiger partial charge in [-0.1, -0.05) is 20.3 Å². The third-order valence-electron chi connectivity index (χ3n) is 2.25. The van der Waals surface area contributed by atoms with Crippen LogP contribution in [0.2, 0.25) is 0 Å². The van der Waals surface area contributed by atoms with E-state index in [1.54, 1.807) is 0 Å². The number of hydrogen-bond acceptors (Lipinski definition) is 2. The molecule has 1 atom stereocenters. The van der Waals surface area contributed by atoms with Gasteiger partial charge in [0.25, 0.3) is 0 Å². The van der Waals surface area contributed by atoms with Crippen LogP contribution in [0.4, 0.5) is 8.78 Å². The number of phenolic OH excluding ortho intramolecular Hbond substituents is 1. The fourth-order valence-corrected chi connectivity index (χ4v) is 0.983. The lowest BCUT2D eigenvalue weighted by molar-refractivity contribution is 0.241. The molecule has 15 heavy (non-hydrogen) atoms. The van der Waals surface area contributed by atoms with Gasteiger partial charge in [-0.05, 0) is 18.1 Å². The standard InChI is InChI=1S/C11H14F2O2/c1-3-7(2)6-15-9-5-4-8(14)10(12)11(9)13/h4-5,7,14H,3,6H2,1-2H3. The van der Waals surface area contributed by atoms with Crippen LogP contribution in [0.1, 0.15) is 20.3 Å². The molecule has 0 aliphatic heterocycles. The van der Waals surface area contributed by atoms with Gasteiger partial charge in [-0.2, -0.15) is 8.78 Å². The van der Waals surface area contributed by atoms with E-state index in [0.29, 0.717) is 6.61 Å². The van der Waals surface area contributed by atoms with E-state index >= 15 is 0 Å². The van der Waals surface area contributed by atoms with E-state index in [9.17, 15) is 8.78 Å². The molecule has 0 radical (unpaired) electrons. The van der Waals surface area contributed by atoms with Crippen LogP contribution in [0.25, 0.3) is 0 Å². The van der Waals surface area contributed by atoms with Gasteiger partial charge in [0, 0.05) is 0 Å². The summed E-state index contributed by atoms with van der Waals surface area (Å²) in [5.74, 6) is -3.00. The maximum absolute atomic E-state index is 13.2. The van der Waals surface area contributed by atoms with Crippen molar-refractivity contribution < 1.29 is 18.6 Å². The highest BCUT2D eigenvalue weighted by molar-refractivity contribution is 5.33. The van der Waals surface area contributed by atoms with Crippen LogP contribution < -0.4 is 4.74 Å². The summed E-state index contributed by atoms with van der Waals surface area (Å²) in [6.07, 6.45) is 0.905. The SMILES string of the molecule is CCC(C)COc1ccc(O)c(F)c1F. The normalized spacial score (nSPS) is 12.5. The molecule has 0 spiro atoms. The van der Waals surface area contributed by atoms with E-state index in [4.69, 9.17) is 9.84 Å². The summed E-state index contributed by atoms with van der Waals surface area (Å²) >= 11 is 0. The van der Waals surface area contributed by atoms with Crippen molar-refractivity contribution in [2.24, 2.45) is 5.92 Å². The van der Waals surface area contributed by atoms with Gasteiger partial charge in [-0.25, -0.2) is 0 Å². The number of benzene rings is 1. The van der Waals surface area contributed by atoms with E-state index in [-0.39, 0.29) is 11.7 Å². The van der Waals surface area contributed by atoms with Crippen LogP contribution in [-0.4, -0.2) is 11.7 Å². The van der Waals surface area contributed by atoms with Gasteiger partial charge in [-0.3, -0.25) is 0 Å². The third kappa shape index (κ3) is 2.81. The van der Waals surface area contributed by atoms with Crippen LogP contribution in [-0.2, 0) is 0 Å². The minimum atomic E-state index is -1.27. The van der Waals surface area contributed by atoms with E-state index in [2.05, 4.69) is 0 Å². The van der Waals surface area contributed by atoms with Crippen molar-refractivity contribution in [2.75, 3.05) is 6.61 Å². The first kappa shape index (κ1) is 11.8. The highest BCUT2D eigenvalue weighted by Gasteiger charge is 2.14. The van der Waals surface area contributed by atoms with Crippen molar-refractivity contribution in [3.8, 4) is 11.5 Å². The maximum Gasteiger partial charge on any atom is 0.204 e. The van der Waals surface area contributed by atoms with Crippen molar-refractivity contribution in [3.05, 3.63) is 23.8 Å². The highest BCUT2D eigenvalue weighted by atomic mass is 19.2. The average Bonchev–Trinajstić information content (AvgIpc) is 2.24. The number of halogens is 2. The van der Waals surface area contributed by atoms with Crippen molar-refractivity contribution in [1.82, 2.24) is 0 Å². The highest BCUT2D eigenvalue weighted by Crippen LogP contribution is 2.26. The molecule has 84 valence electrons. The van der Waals surface area contributed by atoms with Gasteiger partial charge in [0.1, 0.15) is 0 Å². The van der Waals surface area contributed by atoms with E-state index in [0.717, 1.165) is 12.5 Å². The first-order valence-electron chi connectivity index (χ1n) is 4.86. The minimum Gasteiger partial charge on any atom is -0.505 e. The molecule has 0 saturated carbocycles. The van der Waals surface area contributed by atoms with E-state index < -0.39 is 17.4 Å². The number of rotatable bonds is 4. The van der Waals surface area contributed by atoms with Gasteiger partial charge in [-0.15, -0.1) is 0 Å². The second-order valence-electron chi connectivity index (χ2n) is 3.54. The van der Waals surface area contributed by atoms with E-state index in [1.165, 1.54) is 6.07 Å². The Hall–Kier alpha value is -1.32. The fraction of sp³-hybridized carbons (Fsp3) is 0.455. The topological polar surface area (TPSA) is 29.5 Å². The molecule has 1 rings (SSSR count). The Kier molecular flexibility index (Phi) is 3.88. The molecule has 0 heterocycles. The van der Waals surface area contributed by atoms with Crippen molar-refractivity contribution in [3.63, 3.8) is 0 Å². The fourth-order valence-electron chi connectivity index (χ4n) is 0.983. The maximum atomic E-state index is 13.2. The quantitative estimate of drug-likeness (QED) is 0.838. The zero-order chi connectivity index (χ0) is 11.4. The second-order valence-corrected chi connectivity index (χ2v) is 3.54. The molecule has 0 fully saturated rings. The van der Waals surface area contributed by atoms with Crippen LogP contribution in [0.15, 0.2) is 12.1 Å². The lowest BCUT2D eigenvalue weighted by atomic mass is 10.1. The Labute approximate surface area is 87.5 Å². The summed E-state index contributed by atoms with van der Waals surface area (Å²) in [7, 11) is 0. The molecular weight excluding hydrogens is 202 g/mol. The van der Waals surface area contributed by atoms with Gasteiger partial charge in [0.05, 0.1) is 6.61 Å². The zero-order valence-corrected chi connectivity index (χ0v) is 8.76. The lowest BCUT2D eigenvalue weighted by Gasteiger charge is -2.11. The van der Waals surface area contributed by atoms with Crippen LogP contribution in [0.5, 0.6) is 11.5 Å². The number of aromatic hydroxyl groups is 1. The molecule has 1 unspecified atom stereocenters. The van der Waals surface area contributed by atoms with Gasteiger partial charge < -0.3 is 9.84 Å². The zero-order valence-electron chi connectivity index (χ0n) is 8.76. The first-order valence-corrected chi connectivity index (χ1v) is 4.86. The number of ether oxygens (including phenoxy) is 1. The summed E-state index contributed by atoms with van der Waals surface area (Å²) in [4.78, 5) is 0.